The topological polar surface area (TPSA) is 104 Å². The fourth-order valence-electron chi connectivity index (χ4n) is 2.95. The largest absolute Gasteiger partial charge is 0.492 e. The predicted molar refractivity (Wildman–Crippen MR) is 86.5 cm³/mol. The van der Waals surface area contributed by atoms with Crippen molar-refractivity contribution < 1.29 is 24.6 Å². The van der Waals surface area contributed by atoms with Crippen molar-refractivity contribution in [2.75, 3.05) is 13.1 Å². The number of nitrogens with one attached hydrogen (secondary N) is 1. The molecule has 8 nitrogen and oxygen atoms in total. The van der Waals surface area contributed by atoms with Crippen molar-refractivity contribution in [1.82, 2.24) is 14.9 Å². The van der Waals surface area contributed by atoms with Crippen LogP contribution in [-0.2, 0) is 9.59 Å². The van der Waals surface area contributed by atoms with Crippen LogP contribution in [0.5, 0.6) is 11.8 Å². The van der Waals surface area contributed by atoms with E-state index in [1.807, 2.05) is 0 Å². The summed E-state index contributed by atoms with van der Waals surface area (Å²) in [5, 5.41) is 21.4. The number of piperidine rings is 1. The highest BCUT2D eigenvalue weighted by Gasteiger charge is 2.26. The fourth-order valence-corrected chi connectivity index (χ4v) is 2.95. The highest BCUT2D eigenvalue weighted by molar-refractivity contribution is 5.79. The first-order valence-electron chi connectivity index (χ1n) is 8.21. The van der Waals surface area contributed by atoms with E-state index in [1.54, 1.807) is 0 Å². The second-order valence-electron chi connectivity index (χ2n) is 6.21. The summed E-state index contributed by atoms with van der Waals surface area (Å²) in [4.78, 5) is 30.7. The number of aromatic hydroxyl groups is 2. The number of likely N-dealkylation sites (tertiary alicyclic amines) is 1. The lowest BCUT2D eigenvalue weighted by Crippen LogP contribution is -2.48. The van der Waals surface area contributed by atoms with Gasteiger partial charge in [-0.1, -0.05) is 6.42 Å². The Morgan fingerprint density at radius 3 is 2.38 bits per heavy atom. The van der Waals surface area contributed by atoms with Gasteiger partial charge in [-0.25, -0.2) is 4.79 Å². The average Bonchev–Trinajstić information content (AvgIpc) is 2.83. The minimum atomic E-state index is -0.670. The van der Waals surface area contributed by atoms with Crippen LogP contribution in [0.4, 0.5) is 0 Å². The van der Waals surface area contributed by atoms with Crippen molar-refractivity contribution in [3.8, 4) is 11.8 Å². The van der Waals surface area contributed by atoms with Gasteiger partial charge in [-0.2, -0.15) is 0 Å². The summed E-state index contributed by atoms with van der Waals surface area (Å²) in [5.74, 6) is -1.55. The minimum Gasteiger partial charge on any atom is -0.492 e. The number of hydrogen-bond acceptors (Lipinski definition) is 6. The highest BCUT2D eigenvalue weighted by atomic mass is 16.7. The van der Waals surface area contributed by atoms with Crippen molar-refractivity contribution in [1.29, 1.82) is 0 Å². The molecular formula is C16H25N3O5. The Balaban J connectivity index is 1.71. The van der Waals surface area contributed by atoms with Crippen LogP contribution in [0.15, 0.2) is 12.1 Å². The van der Waals surface area contributed by atoms with Crippen LogP contribution in [0.3, 0.4) is 0 Å². The zero-order valence-electron chi connectivity index (χ0n) is 14.1. The van der Waals surface area contributed by atoms with E-state index in [4.69, 9.17) is 4.84 Å². The Labute approximate surface area is 141 Å². The summed E-state index contributed by atoms with van der Waals surface area (Å²) in [5.41, 5.74) is 0. The molecule has 24 heavy (non-hydrogen) atoms. The Bertz CT molecular complexity index is 557. The zero-order valence-corrected chi connectivity index (χ0v) is 14.1. The molecule has 134 valence electrons. The molecule has 0 aliphatic carbocycles. The summed E-state index contributed by atoms with van der Waals surface area (Å²) in [6.07, 6.45) is 3.31. The van der Waals surface area contributed by atoms with E-state index >= 15 is 0 Å². The molecule has 0 spiro atoms. The molecule has 2 rings (SSSR count). The van der Waals surface area contributed by atoms with Crippen LogP contribution in [0.2, 0.25) is 0 Å². The Morgan fingerprint density at radius 1 is 1.21 bits per heavy atom. The van der Waals surface area contributed by atoms with E-state index in [1.165, 1.54) is 18.6 Å². The number of nitrogens with zero attached hydrogens (tertiary/aromatic N) is 2. The molecule has 2 heterocycles. The number of rotatable bonds is 6. The second-order valence-corrected chi connectivity index (χ2v) is 6.21. The van der Waals surface area contributed by atoms with Crippen LogP contribution in [-0.4, -0.2) is 56.9 Å². The van der Waals surface area contributed by atoms with Crippen molar-refractivity contribution in [2.45, 2.75) is 51.6 Å². The molecule has 1 aliphatic rings. The first kappa shape index (κ1) is 18.1. The Hall–Kier alpha value is -2.22. The molecule has 0 radical (unpaired) electrons. The van der Waals surface area contributed by atoms with Gasteiger partial charge in [-0.05, 0) is 26.7 Å². The monoisotopic (exact) mass is 339 g/mol. The van der Waals surface area contributed by atoms with Crippen LogP contribution in [0.1, 0.15) is 39.5 Å². The number of carbonyl (C=O) groups is 2. The maximum Gasteiger partial charge on any atom is 0.334 e. The van der Waals surface area contributed by atoms with Crippen LogP contribution in [0.25, 0.3) is 0 Å². The number of hydrogen-bond donors (Lipinski definition) is 3. The van der Waals surface area contributed by atoms with E-state index in [9.17, 15) is 19.8 Å². The third-order valence-corrected chi connectivity index (χ3v) is 4.34. The summed E-state index contributed by atoms with van der Waals surface area (Å²) in [7, 11) is 0. The van der Waals surface area contributed by atoms with Crippen LogP contribution in [0, 0.1) is 0 Å². The molecule has 1 saturated heterocycles. The third-order valence-electron chi connectivity index (χ3n) is 4.34. The van der Waals surface area contributed by atoms with Gasteiger partial charge in [-0.15, -0.1) is 4.73 Å². The van der Waals surface area contributed by atoms with Gasteiger partial charge < -0.3 is 20.4 Å². The molecule has 0 unspecified atom stereocenters. The first-order chi connectivity index (χ1) is 11.4. The van der Waals surface area contributed by atoms with E-state index < -0.39 is 5.97 Å². The van der Waals surface area contributed by atoms with E-state index in [0.29, 0.717) is 23.4 Å². The van der Waals surface area contributed by atoms with E-state index in [0.717, 1.165) is 12.8 Å². The number of aromatic nitrogens is 1. The van der Waals surface area contributed by atoms with Crippen molar-refractivity contribution in [2.24, 2.45) is 0 Å². The lowest BCUT2D eigenvalue weighted by molar-refractivity contribution is -0.145. The van der Waals surface area contributed by atoms with Gasteiger partial charge in [0.05, 0.1) is 13.0 Å². The third kappa shape index (κ3) is 4.64. The first-order valence-corrected chi connectivity index (χ1v) is 8.21. The van der Waals surface area contributed by atoms with Gasteiger partial charge in [0.15, 0.2) is 0 Å². The Kier molecular flexibility index (Phi) is 6.08. The van der Waals surface area contributed by atoms with Gasteiger partial charge in [0.1, 0.15) is 0 Å². The molecular weight excluding hydrogens is 314 g/mol. The quantitative estimate of drug-likeness (QED) is 0.702. The second kappa shape index (κ2) is 8.05. The summed E-state index contributed by atoms with van der Waals surface area (Å²) < 4.78 is 0.626. The summed E-state index contributed by atoms with van der Waals surface area (Å²) in [6, 6.07) is 3.16. The van der Waals surface area contributed by atoms with E-state index in [-0.39, 0.29) is 30.6 Å². The van der Waals surface area contributed by atoms with Crippen molar-refractivity contribution >= 4 is 11.9 Å². The molecule has 2 atom stereocenters. The molecule has 1 aliphatic heterocycles. The predicted octanol–water partition coefficient (Wildman–Crippen LogP) is 0.624. The lowest BCUT2D eigenvalue weighted by atomic mass is 9.97. The molecule has 3 N–H and O–H groups in total. The molecule has 8 heteroatoms. The summed E-state index contributed by atoms with van der Waals surface area (Å²) in [6.45, 7) is 4.69. The average molecular weight is 339 g/mol. The zero-order chi connectivity index (χ0) is 17.7. The van der Waals surface area contributed by atoms with Crippen molar-refractivity contribution in [3.63, 3.8) is 0 Å². The van der Waals surface area contributed by atoms with Gasteiger partial charge >= 0.3 is 5.97 Å². The van der Waals surface area contributed by atoms with Crippen LogP contribution >= 0.6 is 0 Å². The van der Waals surface area contributed by atoms with Crippen LogP contribution < -0.4 is 10.2 Å². The molecule has 0 aromatic carbocycles. The number of carbonyl (C=O) groups excluding carboxylic acids is 2. The van der Waals surface area contributed by atoms with Gasteiger partial charge in [0.25, 0.3) is 0 Å². The molecule has 1 fully saturated rings. The standard InChI is InChI=1S/C16H25N3O5/c1-11-4-3-5-12(2)18(11)10-13(20)17-9-8-16(23)24-19-14(21)6-7-15(19)22/h6-7,11-12,21-22H,3-5,8-10H2,1-2H3,(H,17,20)/t11-,12+. The fraction of sp³-hybridized carbons (Fsp3) is 0.625. The van der Waals surface area contributed by atoms with Gasteiger partial charge in [0, 0.05) is 30.8 Å². The lowest BCUT2D eigenvalue weighted by Gasteiger charge is -2.38. The van der Waals surface area contributed by atoms with Gasteiger partial charge in [-0.3, -0.25) is 9.69 Å². The minimum absolute atomic E-state index is 0.0616. The van der Waals surface area contributed by atoms with E-state index in [2.05, 4.69) is 24.1 Å². The molecule has 1 aromatic rings. The smallest absolute Gasteiger partial charge is 0.334 e. The van der Waals surface area contributed by atoms with Gasteiger partial charge in [0.2, 0.25) is 17.7 Å². The molecule has 1 amide bonds. The van der Waals surface area contributed by atoms with Crippen molar-refractivity contribution in [3.05, 3.63) is 12.1 Å². The summed E-state index contributed by atoms with van der Waals surface area (Å²) >= 11 is 0. The maximum atomic E-state index is 12.0. The maximum absolute atomic E-state index is 12.0. The number of amides is 1. The normalized spacial score (nSPS) is 21.4. The highest BCUT2D eigenvalue weighted by Crippen LogP contribution is 2.21. The molecule has 1 aromatic heterocycles. The molecule has 0 saturated carbocycles. The SMILES string of the molecule is C[C@@H]1CCC[C@H](C)N1CC(=O)NCCC(=O)On1c(O)ccc1O. The Morgan fingerprint density at radius 2 is 1.79 bits per heavy atom. The molecule has 0 bridgehead atoms.